The summed E-state index contributed by atoms with van der Waals surface area (Å²) >= 11 is 2.38. The molecule has 0 heterocycles. The maximum Gasteiger partial charge on any atom is 0.320 e. The van der Waals surface area contributed by atoms with Crippen molar-refractivity contribution >= 4 is 40.2 Å². The molecule has 1 atom stereocenters. The molecule has 0 spiro atoms. The van der Waals surface area contributed by atoms with Crippen molar-refractivity contribution in [2.75, 3.05) is 9.74 Å². The first-order valence-corrected chi connectivity index (χ1v) is 9.48. The summed E-state index contributed by atoms with van der Waals surface area (Å²) in [5, 5.41) is 11.6. The van der Waals surface area contributed by atoms with Crippen molar-refractivity contribution < 1.29 is 14.7 Å². The molecule has 0 aromatic heterocycles. The summed E-state index contributed by atoms with van der Waals surface area (Å²) in [6, 6.07) is 6.25. The Hall–Kier alpha value is -1.15. The second-order valence-corrected chi connectivity index (χ2v) is 6.68. The van der Waals surface area contributed by atoms with E-state index >= 15 is 0 Å². The SMILES string of the molecule is NC(Cc1ccc(NC(=O)CCCCCCCI)cc1)C(=O)O. The number of carboxylic acids is 1. The fourth-order valence-corrected chi connectivity index (χ4v) is 2.74. The van der Waals surface area contributed by atoms with Crippen molar-refractivity contribution in [1.82, 2.24) is 0 Å². The van der Waals surface area contributed by atoms with E-state index in [9.17, 15) is 9.59 Å². The van der Waals surface area contributed by atoms with Crippen molar-refractivity contribution in [1.29, 1.82) is 0 Å². The Morgan fingerprint density at radius 3 is 2.30 bits per heavy atom. The summed E-state index contributed by atoms with van der Waals surface area (Å²) in [5.41, 5.74) is 7.07. The molecule has 0 aliphatic carbocycles. The molecule has 1 amide bonds. The number of benzene rings is 1. The Morgan fingerprint density at radius 2 is 1.70 bits per heavy atom. The molecule has 5 nitrogen and oxygen atoms in total. The first-order valence-electron chi connectivity index (χ1n) is 7.96. The van der Waals surface area contributed by atoms with Gasteiger partial charge in [0, 0.05) is 12.1 Å². The lowest BCUT2D eigenvalue weighted by atomic mass is 10.1. The average Bonchev–Trinajstić information content (AvgIpc) is 2.52. The molecule has 1 aromatic carbocycles. The van der Waals surface area contributed by atoms with Gasteiger partial charge in [-0.1, -0.05) is 54.0 Å². The molecule has 1 aromatic rings. The highest BCUT2D eigenvalue weighted by Crippen LogP contribution is 2.12. The second kappa shape index (κ2) is 11.4. The first-order chi connectivity index (χ1) is 11.0. The number of aliphatic carboxylic acids is 1. The third-order valence-corrected chi connectivity index (χ3v) is 4.31. The number of nitrogens with one attached hydrogen (secondary N) is 1. The van der Waals surface area contributed by atoms with Crippen molar-refractivity contribution in [2.24, 2.45) is 5.73 Å². The summed E-state index contributed by atoms with van der Waals surface area (Å²) in [6.45, 7) is 0. The van der Waals surface area contributed by atoms with Crippen LogP contribution in [0.5, 0.6) is 0 Å². The Bertz CT molecular complexity index is 491. The molecule has 6 heteroatoms. The summed E-state index contributed by atoms with van der Waals surface area (Å²) < 4.78 is 1.20. The lowest BCUT2D eigenvalue weighted by Gasteiger charge is -2.08. The minimum absolute atomic E-state index is 0.0221. The van der Waals surface area contributed by atoms with Gasteiger partial charge in [-0.2, -0.15) is 0 Å². The summed E-state index contributed by atoms with van der Waals surface area (Å²) in [7, 11) is 0. The molecule has 0 saturated heterocycles. The molecule has 23 heavy (non-hydrogen) atoms. The number of alkyl halides is 1. The number of nitrogens with two attached hydrogens (primary N) is 1. The minimum atomic E-state index is -1.01. The van der Waals surface area contributed by atoms with E-state index in [1.807, 2.05) is 0 Å². The number of halogens is 1. The van der Waals surface area contributed by atoms with E-state index < -0.39 is 12.0 Å². The zero-order valence-corrected chi connectivity index (χ0v) is 15.4. The maximum atomic E-state index is 11.8. The maximum absolute atomic E-state index is 11.8. The third-order valence-electron chi connectivity index (χ3n) is 3.55. The van der Waals surface area contributed by atoms with Crippen LogP contribution >= 0.6 is 22.6 Å². The van der Waals surface area contributed by atoms with Crippen LogP contribution in [0.25, 0.3) is 0 Å². The van der Waals surface area contributed by atoms with E-state index in [1.54, 1.807) is 24.3 Å². The first kappa shape index (κ1) is 19.9. The van der Waals surface area contributed by atoms with E-state index in [1.165, 1.54) is 23.7 Å². The molecule has 0 bridgehead atoms. The molecular formula is C17H25IN2O3. The highest BCUT2D eigenvalue weighted by Gasteiger charge is 2.12. The molecule has 0 aliphatic rings. The van der Waals surface area contributed by atoms with Crippen LogP contribution in [0.3, 0.4) is 0 Å². The minimum Gasteiger partial charge on any atom is -0.480 e. The van der Waals surface area contributed by atoms with Crippen LogP contribution in [0.4, 0.5) is 5.69 Å². The molecule has 0 radical (unpaired) electrons. The Morgan fingerprint density at radius 1 is 1.09 bits per heavy atom. The number of anilines is 1. The smallest absolute Gasteiger partial charge is 0.320 e. The fraction of sp³-hybridized carbons (Fsp3) is 0.529. The van der Waals surface area contributed by atoms with Gasteiger partial charge in [-0.25, -0.2) is 0 Å². The van der Waals surface area contributed by atoms with Crippen LogP contribution in [0.1, 0.15) is 44.1 Å². The molecule has 0 fully saturated rings. The molecule has 128 valence electrons. The summed E-state index contributed by atoms with van der Waals surface area (Å²) in [4.78, 5) is 22.6. The molecule has 1 rings (SSSR count). The van der Waals surface area contributed by atoms with Gasteiger partial charge in [0.05, 0.1) is 0 Å². The van der Waals surface area contributed by atoms with Gasteiger partial charge in [-0.3, -0.25) is 9.59 Å². The Labute approximate surface area is 151 Å². The molecule has 0 saturated carbocycles. The van der Waals surface area contributed by atoms with Crippen LogP contribution in [0.2, 0.25) is 0 Å². The number of carbonyl (C=O) groups excluding carboxylic acids is 1. The highest BCUT2D eigenvalue weighted by atomic mass is 127. The van der Waals surface area contributed by atoms with Crippen LogP contribution in [-0.2, 0) is 16.0 Å². The molecule has 4 N–H and O–H groups in total. The number of hydrogen-bond donors (Lipinski definition) is 3. The summed E-state index contributed by atoms with van der Waals surface area (Å²) in [5.74, 6) is -0.991. The highest BCUT2D eigenvalue weighted by molar-refractivity contribution is 14.1. The van der Waals surface area contributed by atoms with E-state index in [2.05, 4.69) is 27.9 Å². The molecular weight excluding hydrogens is 407 g/mol. The lowest BCUT2D eigenvalue weighted by Crippen LogP contribution is -2.32. The number of carboxylic acid groups (broad SMARTS) is 1. The Kier molecular flexibility index (Phi) is 9.86. The standard InChI is InChI=1S/C17H25IN2O3/c18-11-5-3-1-2-4-6-16(21)20-14-9-7-13(8-10-14)12-15(19)17(22)23/h7-10,15H,1-6,11-12,19H2,(H,20,21)(H,22,23). The molecule has 0 aliphatic heterocycles. The van der Waals surface area contributed by atoms with Gasteiger partial charge in [0.15, 0.2) is 0 Å². The number of carbonyl (C=O) groups is 2. The zero-order chi connectivity index (χ0) is 17.1. The third kappa shape index (κ3) is 8.90. The number of rotatable bonds is 11. The van der Waals surface area contributed by atoms with Gasteiger partial charge < -0.3 is 16.2 Å². The monoisotopic (exact) mass is 432 g/mol. The van der Waals surface area contributed by atoms with Crippen LogP contribution in [0.15, 0.2) is 24.3 Å². The Balaban J connectivity index is 2.28. The normalized spacial score (nSPS) is 11.9. The van der Waals surface area contributed by atoms with Crippen molar-refractivity contribution in [3.63, 3.8) is 0 Å². The molecule has 1 unspecified atom stereocenters. The predicted molar refractivity (Wildman–Crippen MR) is 101 cm³/mol. The predicted octanol–water partition coefficient (Wildman–Crippen LogP) is 3.36. The zero-order valence-electron chi connectivity index (χ0n) is 13.3. The quantitative estimate of drug-likeness (QED) is 0.284. The van der Waals surface area contributed by atoms with E-state index in [4.69, 9.17) is 10.8 Å². The number of hydrogen-bond acceptors (Lipinski definition) is 3. The van der Waals surface area contributed by atoms with Crippen LogP contribution in [0, 0.1) is 0 Å². The number of unbranched alkanes of at least 4 members (excludes halogenated alkanes) is 4. The topological polar surface area (TPSA) is 92.4 Å². The van der Waals surface area contributed by atoms with Gasteiger partial charge in [0.2, 0.25) is 5.91 Å². The lowest BCUT2D eigenvalue weighted by molar-refractivity contribution is -0.138. The van der Waals surface area contributed by atoms with E-state index in [0.717, 1.165) is 24.1 Å². The fourth-order valence-electron chi connectivity index (χ4n) is 2.20. The van der Waals surface area contributed by atoms with Gasteiger partial charge in [-0.15, -0.1) is 0 Å². The van der Waals surface area contributed by atoms with Gasteiger partial charge in [0.1, 0.15) is 6.04 Å². The van der Waals surface area contributed by atoms with Crippen LogP contribution < -0.4 is 11.1 Å². The van der Waals surface area contributed by atoms with E-state index in [-0.39, 0.29) is 12.3 Å². The average molecular weight is 432 g/mol. The van der Waals surface area contributed by atoms with Gasteiger partial charge in [0.25, 0.3) is 0 Å². The largest absolute Gasteiger partial charge is 0.480 e. The van der Waals surface area contributed by atoms with Crippen molar-refractivity contribution in [2.45, 2.75) is 51.0 Å². The van der Waals surface area contributed by atoms with E-state index in [0.29, 0.717) is 6.42 Å². The second-order valence-electron chi connectivity index (χ2n) is 5.60. The van der Waals surface area contributed by atoms with Crippen LogP contribution in [-0.4, -0.2) is 27.5 Å². The van der Waals surface area contributed by atoms with Gasteiger partial charge >= 0.3 is 5.97 Å². The number of amides is 1. The summed E-state index contributed by atoms with van der Waals surface area (Å²) in [6.07, 6.45) is 6.51. The van der Waals surface area contributed by atoms with Crippen molar-refractivity contribution in [3.8, 4) is 0 Å². The van der Waals surface area contributed by atoms with Crippen molar-refractivity contribution in [3.05, 3.63) is 29.8 Å². The van der Waals surface area contributed by atoms with Gasteiger partial charge in [-0.05, 0) is 41.4 Å².